The number of piperidine rings is 1. The van der Waals surface area contributed by atoms with Crippen molar-refractivity contribution >= 4 is 33.2 Å². The summed E-state index contributed by atoms with van der Waals surface area (Å²) in [5.41, 5.74) is 3.48. The minimum atomic E-state index is -3.73. The Kier molecular flexibility index (Phi) is 6.35. The Morgan fingerprint density at radius 1 is 1.03 bits per heavy atom. The molecule has 0 radical (unpaired) electrons. The first-order valence-corrected chi connectivity index (χ1v) is 12.5. The van der Waals surface area contributed by atoms with Crippen molar-refractivity contribution in [3.8, 4) is 0 Å². The van der Waals surface area contributed by atoms with Crippen LogP contribution in [-0.4, -0.2) is 44.2 Å². The van der Waals surface area contributed by atoms with Gasteiger partial charge in [0.25, 0.3) is 0 Å². The standard InChI is InChI=1S/C24H29N3O4S/c1-17-7-9-21(10-8-17)25-24(29)20-6-3-13-26(16-20)32(30,31)22-11-12-23-19(15-22)5-4-14-27(23)18(2)28/h7-12,15,20H,3-6,13-14,16H2,1-2H3,(H,25,29). The minimum absolute atomic E-state index is 0.0416. The van der Waals surface area contributed by atoms with Crippen LogP contribution in [0.15, 0.2) is 47.4 Å². The van der Waals surface area contributed by atoms with Gasteiger partial charge in [-0.3, -0.25) is 9.59 Å². The summed E-state index contributed by atoms with van der Waals surface area (Å²) in [5.74, 6) is -0.595. The molecule has 2 aliphatic heterocycles. The first kappa shape index (κ1) is 22.5. The summed E-state index contributed by atoms with van der Waals surface area (Å²) in [4.78, 5) is 26.6. The molecule has 4 rings (SSSR count). The quantitative estimate of drug-likeness (QED) is 0.766. The molecule has 1 N–H and O–H groups in total. The van der Waals surface area contributed by atoms with Gasteiger partial charge in [0.05, 0.1) is 10.8 Å². The molecule has 2 aromatic rings. The second kappa shape index (κ2) is 9.03. The number of sulfonamides is 1. The maximum absolute atomic E-state index is 13.4. The molecule has 8 heteroatoms. The molecular weight excluding hydrogens is 426 g/mol. The van der Waals surface area contributed by atoms with Crippen LogP contribution in [0.1, 0.15) is 37.3 Å². The molecule has 0 aliphatic carbocycles. The van der Waals surface area contributed by atoms with Crippen molar-refractivity contribution < 1.29 is 18.0 Å². The fraction of sp³-hybridized carbons (Fsp3) is 0.417. The summed E-state index contributed by atoms with van der Waals surface area (Å²) in [5, 5.41) is 2.91. The van der Waals surface area contributed by atoms with Gasteiger partial charge >= 0.3 is 0 Å². The fourth-order valence-electron chi connectivity index (χ4n) is 4.47. The molecule has 2 aromatic carbocycles. The second-order valence-electron chi connectivity index (χ2n) is 8.62. The summed E-state index contributed by atoms with van der Waals surface area (Å²) in [6.07, 6.45) is 2.83. The molecular formula is C24H29N3O4S. The van der Waals surface area contributed by atoms with Crippen molar-refractivity contribution in [2.45, 2.75) is 44.4 Å². The number of anilines is 2. The van der Waals surface area contributed by atoms with Crippen LogP contribution >= 0.6 is 0 Å². The summed E-state index contributed by atoms with van der Waals surface area (Å²) in [7, 11) is -3.73. The third kappa shape index (κ3) is 4.56. The zero-order chi connectivity index (χ0) is 22.9. The van der Waals surface area contributed by atoms with E-state index in [-0.39, 0.29) is 23.3 Å². The Balaban J connectivity index is 1.50. The molecule has 1 atom stereocenters. The fourth-order valence-corrected chi connectivity index (χ4v) is 6.04. The van der Waals surface area contributed by atoms with Crippen molar-refractivity contribution in [2.75, 3.05) is 29.9 Å². The molecule has 2 heterocycles. The number of nitrogens with zero attached hydrogens (tertiary/aromatic N) is 2. The molecule has 2 amide bonds. The average molecular weight is 456 g/mol. The van der Waals surface area contributed by atoms with Crippen molar-refractivity contribution in [3.05, 3.63) is 53.6 Å². The number of nitrogens with one attached hydrogen (secondary N) is 1. The van der Waals surface area contributed by atoms with Gasteiger partial charge in [-0.1, -0.05) is 17.7 Å². The lowest BCUT2D eigenvalue weighted by Crippen LogP contribution is -2.43. The van der Waals surface area contributed by atoms with Crippen LogP contribution < -0.4 is 10.2 Å². The van der Waals surface area contributed by atoms with E-state index in [1.807, 2.05) is 31.2 Å². The normalized spacial score (nSPS) is 19.3. The SMILES string of the molecule is CC(=O)N1CCCc2cc(S(=O)(=O)N3CCCC(C(=O)Nc4ccc(C)cc4)C3)ccc21. The van der Waals surface area contributed by atoms with E-state index in [1.165, 1.54) is 11.2 Å². The van der Waals surface area contributed by atoms with E-state index in [0.717, 1.165) is 29.7 Å². The number of carbonyl (C=O) groups excluding carboxylic acids is 2. The van der Waals surface area contributed by atoms with E-state index in [2.05, 4.69) is 5.32 Å². The van der Waals surface area contributed by atoms with Gasteiger partial charge in [0, 0.05) is 37.9 Å². The summed E-state index contributed by atoms with van der Waals surface area (Å²) >= 11 is 0. The van der Waals surface area contributed by atoms with Crippen LogP contribution in [0.5, 0.6) is 0 Å². The zero-order valence-corrected chi connectivity index (χ0v) is 19.3. The molecule has 1 saturated heterocycles. The summed E-state index contributed by atoms with van der Waals surface area (Å²) in [6, 6.07) is 12.5. The highest BCUT2D eigenvalue weighted by Gasteiger charge is 2.34. The van der Waals surface area contributed by atoms with E-state index in [9.17, 15) is 18.0 Å². The maximum atomic E-state index is 13.4. The first-order valence-electron chi connectivity index (χ1n) is 11.0. The highest BCUT2D eigenvalue weighted by Crippen LogP contribution is 2.32. The van der Waals surface area contributed by atoms with Crippen molar-refractivity contribution in [3.63, 3.8) is 0 Å². The molecule has 170 valence electrons. The lowest BCUT2D eigenvalue weighted by molar-refractivity contribution is -0.121. The predicted octanol–water partition coefficient (Wildman–Crippen LogP) is 3.33. The van der Waals surface area contributed by atoms with Gasteiger partial charge in [0.2, 0.25) is 21.8 Å². The molecule has 32 heavy (non-hydrogen) atoms. The van der Waals surface area contributed by atoms with E-state index in [0.29, 0.717) is 31.6 Å². The number of aryl methyl sites for hydroxylation is 2. The molecule has 1 fully saturated rings. The van der Waals surface area contributed by atoms with Crippen molar-refractivity contribution in [1.29, 1.82) is 0 Å². The topological polar surface area (TPSA) is 86.8 Å². The highest BCUT2D eigenvalue weighted by atomic mass is 32.2. The van der Waals surface area contributed by atoms with Gasteiger partial charge in [-0.15, -0.1) is 0 Å². The number of rotatable bonds is 4. The van der Waals surface area contributed by atoms with Crippen LogP contribution in [0.25, 0.3) is 0 Å². The number of amides is 2. The molecule has 7 nitrogen and oxygen atoms in total. The first-order chi connectivity index (χ1) is 15.3. The number of fused-ring (bicyclic) bond motifs is 1. The number of hydrogen-bond acceptors (Lipinski definition) is 4. The summed E-state index contributed by atoms with van der Waals surface area (Å²) in [6.45, 7) is 4.71. The van der Waals surface area contributed by atoms with E-state index in [4.69, 9.17) is 0 Å². The smallest absolute Gasteiger partial charge is 0.243 e. The Morgan fingerprint density at radius 2 is 1.78 bits per heavy atom. The van der Waals surface area contributed by atoms with Gasteiger partial charge < -0.3 is 10.2 Å². The Morgan fingerprint density at radius 3 is 2.50 bits per heavy atom. The number of carbonyl (C=O) groups is 2. The van der Waals surface area contributed by atoms with Gasteiger partial charge in [0.1, 0.15) is 0 Å². The molecule has 0 bridgehead atoms. The van der Waals surface area contributed by atoms with Crippen LogP contribution in [0.3, 0.4) is 0 Å². The molecule has 0 spiro atoms. The van der Waals surface area contributed by atoms with Gasteiger partial charge in [-0.2, -0.15) is 4.31 Å². The average Bonchev–Trinajstić information content (AvgIpc) is 2.79. The largest absolute Gasteiger partial charge is 0.326 e. The van der Waals surface area contributed by atoms with E-state index in [1.54, 1.807) is 23.1 Å². The number of benzene rings is 2. The second-order valence-corrected chi connectivity index (χ2v) is 10.6. The van der Waals surface area contributed by atoms with Gasteiger partial charge in [0.15, 0.2) is 0 Å². The van der Waals surface area contributed by atoms with Crippen LogP contribution in [0.4, 0.5) is 11.4 Å². The molecule has 1 unspecified atom stereocenters. The van der Waals surface area contributed by atoms with Crippen LogP contribution in [0, 0.1) is 12.8 Å². The van der Waals surface area contributed by atoms with Crippen molar-refractivity contribution in [1.82, 2.24) is 4.31 Å². The lowest BCUT2D eigenvalue weighted by atomic mass is 9.98. The maximum Gasteiger partial charge on any atom is 0.243 e. The molecule has 0 aromatic heterocycles. The third-order valence-corrected chi connectivity index (χ3v) is 8.12. The minimum Gasteiger partial charge on any atom is -0.326 e. The van der Waals surface area contributed by atoms with Crippen molar-refractivity contribution in [2.24, 2.45) is 5.92 Å². The Bertz CT molecular complexity index is 1130. The zero-order valence-electron chi connectivity index (χ0n) is 18.5. The predicted molar refractivity (Wildman–Crippen MR) is 124 cm³/mol. The highest BCUT2D eigenvalue weighted by molar-refractivity contribution is 7.89. The van der Waals surface area contributed by atoms with E-state index < -0.39 is 15.9 Å². The molecule has 2 aliphatic rings. The Labute approximate surface area is 189 Å². The Hall–Kier alpha value is -2.71. The van der Waals surface area contributed by atoms with Crippen LogP contribution in [0.2, 0.25) is 0 Å². The van der Waals surface area contributed by atoms with E-state index >= 15 is 0 Å². The molecule has 0 saturated carbocycles. The lowest BCUT2D eigenvalue weighted by Gasteiger charge is -2.32. The summed E-state index contributed by atoms with van der Waals surface area (Å²) < 4.78 is 28.2. The van der Waals surface area contributed by atoms with Gasteiger partial charge in [-0.25, -0.2) is 8.42 Å². The monoisotopic (exact) mass is 455 g/mol. The van der Waals surface area contributed by atoms with Crippen LogP contribution in [-0.2, 0) is 26.0 Å². The third-order valence-electron chi connectivity index (χ3n) is 6.26. The number of hydrogen-bond donors (Lipinski definition) is 1. The van der Waals surface area contributed by atoms with Gasteiger partial charge in [-0.05, 0) is 68.5 Å².